The average molecular weight is 236 g/mol. The van der Waals surface area contributed by atoms with Crippen LogP contribution in [0, 0.1) is 0 Å². The molecule has 0 aliphatic carbocycles. The number of sulfonamides is 1. The highest BCUT2D eigenvalue weighted by Crippen LogP contribution is 2.14. The van der Waals surface area contributed by atoms with Crippen molar-refractivity contribution in [3.05, 3.63) is 0 Å². The summed E-state index contributed by atoms with van der Waals surface area (Å²) in [6, 6.07) is -0.980. The summed E-state index contributed by atoms with van der Waals surface area (Å²) >= 11 is 0. The molecule has 6 nitrogen and oxygen atoms in total. The predicted molar refractivity (Wildman–Crippen MR) is 55.1 cm³/mol. The molecule has 1 fully saturated rings. The molecule has 1 atom stereocenters. The molecule has 0 radical (unpaired) electrons. The Hall–Kier alpha value is -0.660. The average Bonchev–Trinajstić information content (AvgIpc) is 2.17. The Kier molecular flexibility index (Phi) is 3.69. The zero-order valence-electron chi connectivity index (χ0n) is 8.80. The van der Waals surface area contributed by atoms with Crippen LogP contribution >= 0.6 is 0 Å². The fourth-order valence-corrected chi connectivity index (χ4v) is 2.88. The fourth-order valence-electron chi connectivity index (χ4n) is 1.47. The molecule has 1 aliphatic heterocycles. The molecule has 1 heterocycles. The summed E-state index contributed by atoms with van der Waals surface area (Å²) in [5.41, 5.74) is 0. The molecule has 0 aromatic rings. The van der Waals surface area contributed by atoms with Gasteiger partial charge >= 0.3 is 5.97 Å². The van der Waals surface area contributed by atoms with Crippen molar-refractivity contribution in [1.29, 1.82) is 0 Å². The second kappa shape index (κ2) is 4.46. The third-order valence-corrected chi connectivity index (χ3v) is 4.68. The van der Waals surface area contributed by atoms with Gasteiger partial charge in [0.05, 0.1) is 5.25 Å². The first-order valence-corrected chi connectivity index (χ1v) is 6.32. The third-order valence-electron chi connectivity index (χ3n) is 2.40. The Morgan fingerprint density at radius 3 is 2.60 bits per heavy atom. The van der Waals surface area contributed by atoms with E-state index in [1.807, 2.05) is 0 Å². The maximum atomic E-state index is 11.8. The highest BCUT2D eigenvalue weighted by atomic mass is 32.2. The number of rotatable bonds is 3. The predicted octanol–water partition coefficient (Wildman–Crippen LogP) is -0.917. The van der Waals surface area contributed by atoms with Crippen LogP contribution in [-0.2, 0) is 14.8 Å². The van der Waals surface area contributed by atoms with Gasteiger partial charge in [0.2, 0.25) is 10.0 Å². The van der Waals surface area contributed by atoms with Crippen molar-refractivity contribution in [1.82, 2.24) is 9.62 Å². The highest BCUT2D eigenvalue weighted by Gasteiger charge is 2.37. The molecule has 0 aromatic carbocycles. The molecular formula is C8H16N2O4S. The Morgan fingerprint density at radius 1 is 1.53 bits per heavy atom. The summed E-state index contributed by atoms with van der Waals surface area (Å²) in [6.45, 7) is 3.99. The molecule has 1 unspecified atom stereocenters. The third kappa shape index (κ3) is 2.47. The van der Waals surface area contributed by atoms with Gasteiger partial charge in [-0.25, -0.2) is 8.42 Å². The SMILES string of the molecule is CC(C)S(=O)(=O)N1CCNCC1C(=O)O. The van der Waals surface area contributed by atoms with Crippen molar-refractivity contribution in [2.45, 2.75) is 25.1 Å². The molecule has 0 saturated carbocycles. The number of piperazine rings is 1. The van der Waals surface area contributed by atoms with E-state index >= 15 is 0 Å². The molecule has 15 heavy (non-hydrogen) atoms. The molecule has 2 N–H and O–H groups in total. The van der Waals surface area contributed by atoms with Crippen LogP contribution in [0.2, 0.25) is 0 Å². The number of carboxylic acid groups (broad SMARTS) is 1. The van der Waals surface area contributed by atoms with E-state index in [1.165, 1.54) is 0 Å². The Labute approximate surface area is 89.3 Å². The van der Waals surface area contributed by atoms with Crippen molar-refractivity contribution < 1.29 is 18.3 Å². The van der Waals surface area contributed by atoms with Crippen LogP contribution in [0.4, 0.5) is 0 Å². The summed E-state index contributed by atoms with van der Waals surface area (Å²) in [6.07, 6.45) is 0. The van der Waals surface area contributed by atoms with Gasteiger partial charge < -0.3 is 10.4 Å². The lowest BCUT2D eigenvalue weighted by molar-refractivity contribution is -0.141. The van der Waals surface area contributed by atoms with Gasteiger partial charge in [-0.1, -0.05) is 0 Å². The molecular weight excluding hydrogens is 220 g/mol. The van der Waals surface area contributed by atoms with E-state index in [0.29, 0.717) is 6.54 Å². The van der Waals surface area contributed by atoms with Gasteiger partial charge in [0, 0.05) is 19.6 Å². The normalized spacial score (nSPS) is 24.3. The highest BCUT2D eigenvalue weighted by molar-refractivity contribution is 7.89. The number of carboxylic acids is 1. The van der Waals surface area contributed by atoms with E-state index in [1.54, 1.807) is 13.8 Å². The molecule has 7 heteroatoms. The zero-order chi connectivity index (χ0) is 11.6. The monoisotopic (exact) mass is 236 g/mol. The van der Waals surface area contributed by atoms with Crippen LogP contribution < -0.4 is 5.32 Å². The first kappa shape index (κ1) is 12.4. The summed E-state index contributed by atoms with van der Waals surface area (Å²) < 4.78 is 24.7. The lowest BCUT2D eigenvalue weighted by atomic mass is 10.2. The Morgan fingerprint density at radius 2 is 2.13 bits per heavy atom. The smallest absolute Gasteiger partial charge is 0.323 e. The quantitative estimate of drug-likeness (QED) is 0.662. The largest absolute Gasteiger partial charge is 0.480 e. The van der Waals surface area contributed by atoms with E-state index in [9.17, 15) is 13.2 Å². The molecule has 1 aliphatic rings. The number of aliphatic carboxylic acids is 1. The van der Waals surface area contributed by atoms with Crippen molar-refractivity contribution in [3.8, 4) is 0 Å². The standard InChI is InChI=1S/C8H16N2O4S/c1-6(2)15(13,14)10-4-3-9-5-7(10)8(11)12/h6-7,9H,3-5H2,1-2H3,(H,11,12). The van der Waals surface area contributed by atoms with Crippen LogP contribution in [0.3, 0.4) is 0 Å². The second-order valence-electron chi connectivity index (χ2n) is 3.76. The summed E-state index contributed by atoms with van der Waals surface area (Å²) in [7, 11) is -3.48. The van der Waals surface area contributed by atoms with Crippen LogP contribution in [0.5, 0.6) is 0 Å². The van der Waals surface area contributed by atoms with Crippen molar-refractivity contribution in [2.24, 2.45) is 0 Å². The number of hydrogen-bond donors (Lipinski definition) is 2. The van der Waals surface area contributed by atoms with E-state index in [0.717, 1.165) is 4.31 Å². The van der Waals surface area contributed by atoms with Gasteiger partial charge in [0.15, 0.2) is 0 Å². The maximum Gasteiger partial charge on any atom is 0.323 e. The van der Waals surface area contributed by atoms with Gasteiger partial charge in [-0.05, 0) is 13.8 Å². The molecule has 0 bridgehead atoms. The van der Waals surface area contributed by atoms with Crippen molar-refractivity contribution >= 4 is 16.0 Å². The number of hydrogen-bond acceptors (Lipinski definition) is 4. The van der Waals surface area contributed by atoms with E-state index < -0.39 is 27.3 Å². The maximum absolute atomic E-state index is 11.8. The summed E-state index contributed by atoms with van der Waals surface area (Å²) in [5.74, 6) is -1.11. The van der Waals surface area contributed by atoms with E-state index in [4.69, 9.17) is 5.11 Å². The minimum absolute atomic E-state index is 0.168. The summed E-state index contributed by atoms with van der Waals surface area (Å²) in [5, 5.41) is 11.2. The zero-order valence-corrected chi connectivity index (χ0v) is 9.62. The number of nitrogens with one attached hydrogen (secondary N) is 1. The number of carbonyl (C=O) groups is 1. The lowest BCUT2D eigenvalue weighted by Crippen LogP contribution is -2.58. The van der Waals surface area contributed by atoms with Gasteiger partial charge in [0.25, 0.3) is 0 Å². The van der Waals surface area contributed by atoms with Crippen LogP contribution in [0.25, 0.3) is 0 Å². The Balaban J connectivity index is 2.95. The first-order valence-electron chi connectivity index (χ1n) is 4.81. The minimum atomic E-state index is -3.48. The van der Waals surface area contributed by atoms with Crippen molar-refractivity contribution in [2.75, 3.05) is 19.6 Å². The molecule has 0 aromatic heterocycles. The van der Waals surface area contributed by atoms with Crippen LogP contribution in [-0.4, -0.2) is 54.7 Å². The van der Waals surface area contributed by atoms with Crippen LogP contribution in [0.1, 0.15) is 13.8 Å². The topological polar surface area (TPSA) is 86.7 Å². The number of nitrogens with zero attached hydrogens (tertiary/aromatic N) is 1. The lowest BCUT2D eigenvalue weighted by Gasteiger charge is -2.33. The van der Waals surface area contributed by atoms with Gasteiger partial charge in [-0.2, -0.15) is 4.31 Å². The van der Waals surface area contributed by atoms with Gasteiger partial charge in [0.1, 0.15) is 6.04 Å². The molecule has 1 rings (SSSR count). The molecule has 88 valence electrons. The first-order chi connectivity index (χ1) is 6.87. The minimum Gasteiger partial charge on any atom is -0.480 e. The Bertz CT molecular complexity index is 339. The van der Waals surface area contributed by atoms with Crippen LogP contribution in [0.15, 0.2) is 0 Å². The molecule has 1 saturated heterocycles. The molecule has 0 spiro atoms. The molecule has 0 amide bonds. The van der Waals surface area contributed by atoms with Crippen molar-refractivity contribution in [3.63, 3.8) is 0 Å². The van der Waals surface area contributed by atoms with Gasteiger partial charge in [-0.15, -0.1) is 0 Å². The van der Waals surface area contributed by atoms with E-state index in [-0.39, 0.29) is 13.1 Å². The van der Waals surface area contributed by atoms with Gasteiger partial charge in [-0.3, -0.25) is 4.79 Å². The fraction of sp³-hybridized carbons (Fsp3) is 0.875. The van der Waals surface area contributed by atoms with E-state index in [2.05, 4.69) is 5.32 Å². The second-order valence-corrected chi connectivity index (χ2v) is 6.20. The summed E-state index contributed by atoms with van der Waals surface area (Å²) in [4.78, 5) is 10.9.